The summed E-state index contributed by atoms with van der Waals surface area (Å²) < 4.78 is 6.20. The highest BCUT2D eigenvalue weighted by atomic mass is 16.5. The highest BCUT2D eigenvalue weighted by Crippen LogP contribution is 2.41. The summed E-state index contributed by atoms with van der Waals surface area (Å²) in [5.41, 5.74) is 9.88. The fourth-order valence-electron chi connectivity index (χ4n) is 3.70. The van der Waals surface area contributed by atoms with Crippen LogP contribution in [0, 0.1) is 19.8 Å². The van der Waals surface area contributed by atoms with E-state index in [0.29, 0.717) is 5.92 Å². The normalized spacial score (nSPS) is 26.9. The minimum Gasteiger partial charge on any atom is -0.374 e. The van der Waals surface area contributed by atoms with Crippen molar-refractivity contribution in [2.75, 3.05) is 18.5 Å². The Balaban J connectivity index is 2.21. The smallest absolute Gasteiger partial charge is 0.0788 e. The maximum Gasteiger partial charge on any atom is 0.0788 e. The molecule has 0 amide bonds. The Morgan fingerprint density at radius 2 is 1.76 bits per heavy atom. The number of hydrogen-bond donors (Lipinski definition) is 1. The number of anilines is 1. The second-order valence-electron chi connectivity index (χ2n) is 7.61. The van der Waals surface area contributed by atoms with Gasteiger partial charge in [0.15, 0.2) is 0 Å². The fourth-order valence-corrected chi connectivity index (χ4v) is 3.70. The van der Waals surface area contributed by atoms with Gasteiger partial charge in [-0.1, -0.05) is 17.7 Å². The lowest BCUT2D eigenvalue weighted by Crippen LogP contribution is -2.47. The molecule has 1 heterocycles. The summed E-state index contributed by atoms with van der Waals surface area (Å²) in [5, 5.41) is 0. The lowest BCUT2D eigenvalue weighted by Gasteiger charge is -2.33. The first-order valence-corrected chi connectivity index (χ1v) is 7.79. The fraction of sp³-hybridized carbons (Fsp3) is 0.667. The van der Waals surface area contributed by atoms with Gasteiger partial charge in [-0.3, -0.25) is 0 Å². The molecule has 3 nitrogen and oxygen atoms in total. The molecule has 1 aliphatic heterocycles. The number of nitrogens with two attached hydrogens (primary N) is 1. The van der Waals surface area contributed by atoms with Gasteiger partial charge in [0.2, 0.25) is 0 Å². The molecule has 3 heteroatoms. The van der Waals surface area contributed by atoms with Crippen molar-refractivity contribution in [2.24, 2.45) is 11.7 Å². The first-order valence-electron chi connectivity index (χ1n) is 7.79. The van der Waals surface area contributed by atoms with Gasteiger partial charge in [0.05, 0.1) is 11.2 Å². The van der Waals surface area contributed by atoms with Gasteiger partial charge in [0.25, 0.3) is 0 Å². The molecular weight excluding hydrogens is 260 g/mol. The molecular formula is C18H30N2O. The third-order valence-electron chi connectivity index (χ3n) is 4.89. The van der Waals surface area contributed by atoms with Crippen molar-refractivity contribution in [3.8, 4) is 0 Å². The van der Waals surface area contributed by atoms with Crippen LogP contribution in [0.5, 0.6) is 0 Å². The van der Waals surface area contributed by atoms with Crippen molar-refractivity contribution in [3.63, 3.8) is 0 Å². The van der Waals surface area contributed by atoms with E-state index in [1.54, 1.807) is 0 Å². The van der Waals surface area contributed by atoms with Crippen molar-refractivity contribution in [3.05, 3.63) is 29.3 Å². The number of benzene rings is 1. The Labute approximate surface area is 129 Å². The summed E-state index contributed by atoms with van der Waals surface area (Å²) in [6.07, 6.45) is 0. The van der Waals surface area contributed by atoms with E-state index in [-0.39, 0.29) is 17.2 Å². The Morgan fingerprint density at radius 3 is 2.24 bits per heavy atom. The predicted octanol–water partition coefficient (Wildman–Crippen LogP) is 3.27. The summed E-state index contributed by atoms with van der Waals surface area (Å²) in [7, 11) is 2.14. The quantitative estimate of drug-likeness (QED) is 0.928. The van der Waals surface area contributed by atoms with Crippen LogP contribution in [0.1, 0.15) is 38.8 Å². The molecule has 2 N–H and O–H groups in total. The van der Waals surface area contributed by atoms with Crippen LogP contribution in [-0.2, 0) is 4.74 Å². The molecule has 0 saturated carbocycles. The SMILES string of the molecule is Cc1ccc(N(C)CC2C(N)C(C)(C)OC2(C)C)c(C)c1. The van der Waals surface area contributed by atoms with Gasteiger partial charge in [-0.05, 0) is 53.2 Å². The number of aryl methyl sites for hydroxylation is 2. The van der Waals surface area contributed by atoms with Gasteiger partial charge in [-0.25, -0.2) is 0 Å². The zero-order chi connectivity index (χ0) is 16.0. The van der Waals surface area contributed by atoms with Gasteiger partial charge in [0, 0.05) is 31.2 Å². The van der Waals surface area contributed by atoms with E-state index in [4.69, 9.17) is 10.5 Å². The monoisotopic (exact) mass is 290 g/mol. The van der Waals surface area contributed by atoms with Gasteiger partial charge < -0.3 is 15.4 Å². The second-order valence-corrected chi connectivity index (χ2v) is 7.61. The topological polar surface area (TPSA) is 38.5 Å². The molecule has 0 aliphatic carbocycles. The second kappa shape index (κ2) is 5.29. The maximum atomic E-state index is 6.47. The average molecular weight is 290 g/mol. The standard InChI is InChI=1S/C18H30N2O/c1-12-8-9-15(13(2)10-12)20(7)11-14-16(19)18(5,6)21-17(14,3)4/h8-10,14,16H,11,19H2,1-7H3. The Kier molecular flexibility index (Phi) is 4.11. The average Bonchev–Trinajstić information content (AvgIpc) is 2.47. The molecule has 118 valence electrons. The Bertz CT molecular complexity index is 522. The van der Waals surface area contributed by atoms with E-state index in [1.165, 1.54) is 16.8 Å². The van der Waals surface area contributed by atoms with Crippen LogP contribution in [0.3, 0.4) is 0 Å². The predicted molar refractivity (Wildman–Crippen MR) is 89.9 cm³/mol. The summed E-state index contributed by atoms with van der Waals surface area (Å²) >= 11 is 0. The minimum atomic E-state index is -0.267. The zero-order valence-electron chi connectivity index (χ0n) is 14.5. The van der Waals surface area contributed by atoms with E-state index >= 15 is 0 Å². The summed E-state index contributed by atoms with van der Waals surface area (Å²) in [4.78, 5) is 2.31. The molecule has 1 aromatic rings. The van der Waals surface area contributed by atoms with Crippen molar-refractivity contribution >= 4 is 5.69 Å². The Morgan fingerprint density at radius 1 is 1.14 bits per heavy atom. The summed E-state index contributed by atoms with van der Waals surface area (Å²) in [6, 6.07) is 6.63. The largest absolute Gasteiger partial charge is 0.374 e. The van der Waals surface area contributed by atoms with Crippen molar-refractivity contribution < 1.29 is 4.74 Å². The van der Waals surface area contributed by atoms with E-state index < -0.39 is 0 Å². The molecule has 2 unspecified atom stereocenters. The van der Waals surface area contributed by atoms with Crippen LogP contribution in [0.2, 0.25) is 0 Å². The zero-order valence-corrected chi connectivity index (χ0v) is 14.5. The van der Waals surface area contributed by atoms with Crippen LogP contribution in [-0.4, -0.2) is 30.8 Å². The van der Waals surface area contributed by atoms with Crippen LogP contribution >= 0.6 is 0 Å². The number of hydrogen-bond acceptors (Lipinski definition) is 3. The maximum absolute atomic E-state index is 6.47. The van der Waals surface area contributed by atoms with Gasteiger partial charge in [0.1, 0.15) is 0 Å². The van der Waals surface area contributed by atoms with Crippen molar-refractivity contribution in [1.29, 1.82) is 0 Å². The van der Waals surface area contributed by atoms with Crippen LogP contribution in [0.25, 0.3) is 0 Å². The van der Waals surface area contributed by atoms with E-state index in [0.717, 1.165) is 6.54 Å². The number of nitrogens with zero attached hydrogens (tertiary/aromatic N) is 1. The molecule has 2 atom stereocenters. The summed E-state index contributed by atoms with van der Waals surface area (Å²) in [5.74, 6) is 0.304. The molecule has 21 heavy (non-hydrogen) atoms. The summed E-state index contributed by atoms with van der Waals surface area (Å²) in [6.45, 7) is 13.7. The van der Waals surface area contributed by atoms with Crippen LogP contribution < -0.4 is 10.6 Å². The van der Waals surface area contributed by atoms with E-state index in [9.17, 15) is 0 Å². The molecule has 0 spiro atoms. The van der Waals surface area contributed by atoms with Crippen molar-refractivity contribution in [2.45, 2.75) is 58.8 Å². The van der Waals surface area contributed by atoms with Crippen LogP contribution in [0.15, 0.2) is 18.2 Å². The number of ether oxygens (including phenoxy) is 1. The van der Waals surface area contributed by atoms with Gasteiger partial charge in [-0.15, -0.1) is 0 Å². The molecule has 0 radical (unpaired) electrons. The molecule has 1 aromatic carbocycles. The van der Waals surface area contributed by atoms with E-state index in [1.807, 2.05) is 0 Å². The third kappa shape index (κ3) is 3.09. The van der Waals surface area contributed by atoms with E-state index in [2.05, 4.69) is 71.7 Å². The molecule has 0 aromatic heterocycles. The molecule has 1 fully saturated rings. The number of rotatable bonds is 3. The van der Waals surface area contributed by atoms with Gasteiger partial charge >= 0.3 is 0 Å². The Hall–Kier alpha value is -1.06. The molecule has 0 bridgehead atoms. The van der Waals surface area contributed by atoms with Crippen LogP contribution in [0.4, 0.5) is 5.69 Å². The first kappa shape index (κ1) is 16.3. The molecule has 2 rings (SSSR count). The third-order valence-corrected chi connectivity index (χ3v) is 4.89. The van der Waals surface area contributed by atoms with Gasteiger partial charge in [-0.2, -0.15) is 0 Å². The molecule has 1 aliphatic rings. The lowest BCUT2D eigenvalue weighted by atomic mass is 9.82. The van der Waals surface area contributed by atoms with Crippen molar-refractivity contribution in [1.82, 2.24) is 0 Å². The molecule has 1 saturated heterocycles. The highest BCUT2D eigenvalue weighted by Gasteiger charge is 2.52. The highest BCUT2D eigenvalue weighted by molar-refractivity contribution is 5.54. The lowest BCUT2D eigenvalue weighted by molar-refractivity contribution is -0.0756. The first-order chi connectivity index (χ1) is 9.54. The minimum absolute atomic E-state index is 0.0423.